The molecule has 1 rings (SSSR count). The standard InChI is InChI=1S/C11H20O3/c1-7-5-10(2,3)6-8(7)11(4,14)9(12)13/h7-8,14H,5-6H2,1-4H3,(H,12,13). The first-order valence-electron chi connectivity index (χ1n) is 5.12. The summed E-state index contributed by atoms with van der Waals surface area (Å²) in [6, 6.07) is 0. The van der Waals surface area contributed by atoms with Gasteiger partial charge in [-0.1, -0.05) is 20.8 Å². The van der Waals surface area contributed by atoms with E-state index in [4.69, 9.17) is 5.11 Å². The third-order valence-corrected chi connectivity index (χ3v) is 3.49. The molecule has 0 aromatic rings. The van der Waals surface area contributed by atoms with E-state index < -0.39 is 11.6 Å². The predicted octanol–water partition coefficient (Wildman–Crippen LogP) is 1.89. The minimum Gasteiger partial charge on any atom is -0.479 e. The lowest BCUT2D eigenvalue weighted by molar-refractivity contribution is -0.164. The number of carbonyl (C=O) groups is 1. The fourth-order valence-electron chi connectivity index (χ4n) is 2.81. The Bertz CT molecular complexity index is 243. The van der Waals surface area contributed by atoms with Gasteiger partial charge in [-0.15, -0.1) is 0 Å². The second-order valence-corrected chi connectivity index (χ2v) is 5.61. The van der Waals surface area contributed by atoms with Crippen molar-refractivity contribution in [2.45, 2.75) is 46.1 Å². The molecule has 0 saturated heterocycles. The van der Waals surface area contributed by atoms with Crippen molar-refractivity contribution in [1.29, 1.82) is 0 Å². The van der Waals surface area contributed by atoms with E-state index in [1.54, 1.807) is 0 Å². The lowest BCUT2D eigenvalue weighted by atomic mass is 9.81. The highest BCUT2D eigenvalue weighted by atomic mass is 16.4. The van der Waals surface area contributed by atoms with Crippen LogP contribution in [0.3, 0.4) is 0 Å². The molecular weight excluding hydrogens is 180 g/mol. The molecule has 0 spiro atoms. The van der Waals surface area contributed by atoms with Gasteiger partial charge in [0.05, 0.1) is 0 Å². The number of carboxylic acid groups (broad SMARTS) is 1. The first kappa shape index (κ1) is 11.5. The van der Waals surface area contributed by atoms with Crippen LogP contribution in [0.4, 0.5) is 0 Å². The second kappa shape index (κ2) is 3.23. The van der Waals surface area contributed by atoms with Gasteiger partial charge in [0.15, 0.2) is 5.60 Å². The Hall–Kier alpha value is -0.570. The number of carboxylic acids is 1. The lowest BCUT2D eigenvalue weighted by Gasteiger charge is -2.29. The normalized spacial score (nSPS) is 35.2. The van der Waals surface area contributed by atoms with Crippen molar-refractivity contribution >= 4 is 5.97 Å². The predicted molar refractivity (Wildman–Crippen MR) is 53.9 cm³/mol. The Balaban J connectivity index is 2.85. The van der Waals surface area contributed by atoms with Crippen molar-refractivity contribution in [3.05, 3.63) is 0 Å². The van der Waals surface area contributed by atoms with Crippen LogP contribution >= 0.6 is 0 Å². The quantitative estimate of drug-likeness (QED) is 0.715. The van der Waals surface area contributed by atoms with Gasteiger partial charge in [0.25, 0.3) is 0 Å². The summed E-state index contributed by atoms with van der Waals surface area (Å²) in [4.78, 5) is 10.9. The van der Waals surface area contributed by atoms with Gasteiger partial charge in [0.1, 0.15) is 0 Å². The van der Waals surface area contributed by atoms with Crippen LogP contribution in [0.1, 0.15) is 40.5 Å². The van der Waals surface area contributed by atoms with E-state index >= 15 is 0 Å². The lowest BCUT2D eigenvalue weighted by Crippen LogP contribution is -2.44. The third-order valence-electron chi connectivity index (χ3n) is 3.49. The summed E-state index contributed by atoms with van der Waals surface area (Å²) in [5, 5.41) is 18.8. The van der Waals surface area contributed by atoms with Gasteiger partial charge in [-0.05, 0) is 31.1 Å². The molecule has 82 valence electrons. The zero-order valence-electron chi connectivity index (χ0n) is 9.37. The average molecular weight is 200 g/mol. The van der Waals surface area contributed by atoms with Gasteiger partial charge in [-0.25, -0.2) is 4.79 Å². The van der Waals surface area contributed by atoms with E-state index in [0.717, 1.165) is 12.8 Å². The number of hydrogen-bond acceptors (Lipinski definition) is 2. The van der Waals surface area contributed by atoms with Crippen molar-refractivity contribution in [2.75, 3.05) is 0 Å². The van der Waals surface area contributed by atoms with Crippen LogP contribution in [0.2, 0.25) is 0 Å². The summed E-state index contributed by atoms with van der Waals surface area (Å²) in [5.74, 6) is -0.960. The molecule has 3 atom stereocenters. The molecule has 2 N–H and O–H groups in total. The van der Waals surface area contributed by atoms with Crippen molar-refractivity contribution in [2.24, 2.45) is 17.3 Å². The van der Waals surface area contributed by atoms with Crippen LogP contribution in [0.25, 0.3) is 0 Å². The summed E-state index contributed by atoms with van der Waals surface area (Å²) in [5.41, 5.74) is -1.42. The molecule has 3 nitrogen and oxygen atoms in total. The summed E-state index contributed by atoms with van der Waals surface area (Å²) in [7, 11) is 0. The number of aliphatic hydroxyl groups is 1. The highest BCUT2D eigenvalue weighted by molar-refractivity contribution is 5.77. The number of rotatable bonds is 2. The number of hydrogen-bond donors (Lipinski definition) is 2. The van der Waals surface area contributed by atoms with Gasteiger partial charge in [0.2, 0.25) is 0 Å². The Morgan fingerprint density at radius 1 is 1.43 bits per heavy atom. The molecule has 0 aromatic carbocycles. The van der Waals surface area contributed by atoms with Crippen LogP contribution < -0.4 is 0 Å². The monoisotopic (exact) mass is 200 g/mol. The van der Waals surface area contributed by atoms with E-state index in [1.807, 2.05) is 6.92 Å². The Morgan fingerprint density at radius 2 is 1.93 bits per heavy atom. The summed E-state index contributed by atoms with van der Waals surface area (Å²) < 4.78 is 0. The largest absolute Gasteiger partial charge is 0.479 e. The molecule has 1 aliphatic carbocycles. The molecule has 3 unspecified atom stereocenters. The Labute approximate surface area is 85.1 Å². The van der Waals surface area contributed by atoms with Gasteiger partial charge in [-0.3, -0.25) is 0 Å². The molecule has 1 fully saturated rings. The molecule has 0 bridgehead atoms. The molecule has 14 heavy (non-hydrogen) atoms. The fourth-order valence-corrected chi connectivity index (χ4v) is 2.81. The third kappa shape index (κ3) is 1.92. The van der Waals surface area contributed by atoms with E-state index in [1.165, 1.54) is 6.92 Å². The SMILES string of the molecule is CC1CC(C)(C)CC1C(C)(O)C(=O)O. The van der Waals surface area contributed by atoms with E-state index in [0.29, 0.717) is 0 Å². The molecule has 0 aliphatic heterocycles. The van der Waals surface area contributed by atoms with E-state index in [-0.39, 0.29) is 17.3 Å². The molecule has 0 heterocycles. The summed E-state index contributed by atoms with van der Waals surface area (Å²) >= 11 is 0. The van der Waals surface area contributed by atoms with Crippen molar-refractivity contribution < 1.29 is 15.0 Å². The van der Waals surface area contributed by atoms with Crippen LogP contribution in [0.5, 0.6) is 0 Å². The smallest absolute Gasteiger partial charge is 0.335 e. The van der Waals surface area contributed by atoms with Gasteiger partial charge >= 0.3 is 5.97 Å². The first-order valence-corrected chi connectivity index (χ1v) is 5.12. The molecule has 3 heteroatoms. The molecule has 0 aromatic heterocycles. The zero-order chi connectivity index (χ0) is 11.1. The highest BCUT2D eigenvalue weighted by Gasteiger charge is 2.49. The first-order chi connectivity index (χ1) is 6.17. The average Bonchev–Trinajstić information content (AvgIpc) is 2.24. The van der Waals surface area contributed by atoms with Crippen LogP contribution in [0.15, 0.2) is 0 Å². The van der Waals surface area contributed by atoms with Crippen LogP contribution in [-0.4, -0.2) is 21.8 Å². The van der Waals surface area contributed by atoms with Crippen LogP contribution in [-0.2, 0) is 4.79 Å². The molecule has 1 saturated carbocycles. The molecule has 0 radical (unpaired) electrons. The molecule has 0 amide bonds. The van der Waals surface area contributed by atoms with Gasteiger partial charge < -0.3 is 10.2 Å². The highest BCUT2D eigenvalue weighted by Crippen LogP contribution is 2.48. The van der Waals surface area contributed by atoms with Crippen molar-refractivity contribution in [3.8, 4) is 0 Å². The van der Waals surface area contributed by atoms with Crippen molar-refractivity contribution in [1.82, 2.24) is 0 Å². The maximum atomic E-state index is 10.9. The van der Waals surface area contributed by atoms with E-state index in [9.17, 15) is 9.90 Å². The fraction of sp³-hybridized carbons (Fsp3) is 0.909. The molecular formula is C11H20O3. The second-order valence-electron chi connectivity index (χ2n) is 5.61. The Kier molecular flexibility index (Phi) is 2.65. The maximum absolute atomic E-state index is 10.9. The van der Waals surface area contributed by atoms with Gasteiger partial charge in [-0.2, -0.15) is 0 Å². The maximum Gasteiger partial charge on any atom is 0.335 e. The minimum absolute atomic E-state index is 0.130. The zero-order valence-corrected chi connectivity index (χ0v) is 9.37. The summed E-state index contributed by atoms with van der Waals surface area (Å²) in [6.45, 7) is 7.69. The number of aliphatic carboxylic acids is 1. The van der Waals surface area contributed by atoms with Crippen molar-refractivity contribution in [3.63, 3.8) is 0 Å². The van der Waals surface area contributed by atoms with Gasteiger partial charge in [0, 0.05) is 5.92 Å². The Morgan fingerprint density at radius 3 is 2.21 bits per heavy atom. The molecule has 1 aliphatic rings. The van der Waals surface area contributed by atoms with E-state index in [2.05, 4.69) is 13.8 Å². The summed E-state index contributed by atoms with van der Waals surface area (Å²) in [6.07, 6.45) is 1.77. The minimum atomic E-state index is -1.58. The topological polar surface area (TPSA) is 57.5 Å². The van der Waals surface area contributed by atoms with Crippen LogP contribution in [0, 0.1) is 17.3 Å².